The minimum Gasteiger partial charge on any atom is -0.506 e. The van der Waals surface area contributed by atoms with Crippen LogP contribution in [0.5, 0.6) is 5.75 Å². The van der Waals surface area contributed by atoms with Gasteiger partial charge in [-0.1, -0.05) is 13.0 Å². The summed E-state index contributed by atoms with van der Waals surface area (Å²) in [6, 6.07) is 3.34. The first kappa shape index (κ1) is 7.72. The van der Waals surface area contributed by atoms with Crippen LogP contribution in [0.3, 0.4) is 0 Å². The molecule has 0 bridgehead atoms. The van der Waals surface area contributed by atoms with Crippen molar-refractivity contribution in [1.29, 1.82) is 0 Å². The van der Waals surface area contributed by atoms with Crippen LogP contribution in [0.25, 0.3) is 0 Å². The summed E-state index contributed by atoms with van der Waals surface area (Å²) < 4.78 is 0. The van der Waals surface area contributed by atoms with Crippen molar-refractivity contribution in [3.63, 3.8) is 0 Å². The highest BCUT2D eigenvalue weighted by molar-refractivity contribution is 5.73. The summed E-state index contributed by atoms with van der Waals surface area (Å²) in [5.41, 5.74) is 12.8. The van der Waals surface area contributed by atoms with Gasteiger partial charge in [0.2, 0.25) is 0 Å². The Morgan fingerprint density at radius 3 is 2.45 bits per heavy atom. The lowest BCUT2D eigenvalue weighted by atomic mass is 10.1. The van der Waals surface area contributed by atoms with Crippen molar-refractivity contribution in [2.75, 3.05) is 11.5 Å². The zero-order valence-corrected chi connectivity index (χ0v) is 6.46. The number of nitrogens with two attached hydrogens (primary N) is 2. The summed E-state index contributed by atoms with van der Waals surface area (Å²) in [6.07, 6.45) is 0.830. The van der Waals surface area contributed by atoms with Crippen molar-refractivity contribution in [3.05, 3.63) is 17.7 Å². The zero-order valence-electron chi connectivity index (χ0n) is 6.46. The molecule has 0 radical (unpaired) electrons. The van der Waals surface area contributed by atoms with E-state index in [1.165, 1.54) is 0 Å². The number of benzene rings is 1. The molecule has 0 aliphatic heterocycles. The third kappa shape index (κ3) is 1.22. The summed E-state index contributed by atoms with van der Waals surface area (Å²) >= 11 is 0. The van der Waals surface area contributed by atoms with Gasteiger partial charge >= 0.3 is 0 Å². The fourth-order valence-electron chi connectivity index (χ4n) is 0.978. The lowest BCUT2D eigenvalue weighted by Gasteiger charge is -2.06. The van der Waals surface area contributed by atoms with Gasteiger partial charge in [-0.15, -0.1) is 0 Å². The van der Waals surface area contributed by atoms with Crippen molar-refractivity contribution in [3.8, 4) is 5.75 Å². The fraction of sp³-hybridized carbons (Fsp3) is 0.250. The van der Waals surface area contributed by atoms with Crippen LogP contribution in [0.15, 0.2) is 12.1 Å². The van der Waals surface area contributed by atoms with E-state index < -0.39 is 0 Å². The largest absolute Gasteiger partial charge is 0.506 e. The number of hydrogen-bond donors (Lipinski definition) is 3. The van der Waals surface area contributed by atoms with Crippen LogP contribution in [-0.4, -0.2) is 5.11 Å². The summed E-state index contributed by atoms with van der Waals surface area (Å²) in [5.74, 6) is 0.0553. The van der Waals surface area contributed by atoms with E-state index in [1.54, 1.807) is 12.1 Å². The quantitative estimate of drug-likeness (QED) is 0.417. The number of hydrogen-bond acceptors (Lipinski definition) is 3. The third-order valence-electron chi connectivity index (χ3n) is 1.74. The third-order valence-corrected chi connectivity index (χ3v) is 1.74. The van der Waals surface area contributed by atoms with Gasteiger partial charge in [-0.25, -0.2) is 0 Å². The van der Waals surface area contributed by atoms with Gasteiger partial charge in [0, 0.05) is 0 Å². The number of phenolic OH excluding ortho intramolecular Hbond substituents is 1. The van der Waals surface area contributed by atoms with E-state index in [1.807, 2.05) is 6.92 Å². The number of aryl methyl sites for hydroxylation is 1. The van der Waals surface area contributed by atoms with Gasteiger partial charge in [0.25, 0.3) is 0 Å². The zero-order chi connectivity index (χ0) is 8.43. The van der Waals surface area contributed by atoms with Crippen LogP contribution in [0.4, 0.5) is 11.4 Å². The van der Waals surface area contributed by atoms with Crippen LogP contribution in [-0.2, 0) is 6.42 Å². The van der Waals surface area contributed by atoms with Crippen LogP contribution >= 0.6 is 0 Å². The molecule has 0 aliphatic carbocycles. The van der Waals surface area contributed by atoms with Crippen LogP contribution in [0.2, 0.25) is 0 Å². The number of nitrogen functional groups attached to an aromatic ring is 2. The molecule has 0 amide bonds. The van der Waals surface area contributed by atoms with E-state index in [0.717, 1.165) is 12.0 Å². The Balaban J connectivity index is 3.25. The number of anilines is 2. The van der Waals surface area contributed by atoms with Crippen molar-refractivity contribution in [1.82, 2.24) is 0 Å². The molecular formula is C8H12N2O. The average molecular weight is 152 g/mol. The van der Waals surface area contributed by atoms with Gasteiger partial charge in [0.05, 0.1) is 11.4 Å². The molecule has 0 fully saturated rings. The van der Waals surface area contributed by atoms with E-state index in [2.05, 4.69) is 0 Å². The van der Waals surface area contributed by atoms with Crippen molar-refractivity contribution in [2.45, 2.75) is 13.3 Å². The Morgan fingerprint density at radius 1 is 1.27 bits per heavy atom. The summed E-state index contributed by atoms with van der Waals surface area (Å²) in [6.45, 7) is 1.99. The molecule has 0 aliphatic rings. The topological polar surface area (TPSA) is 72.3 Å². The molecule has 0 unspecified atom stereocenters. The molecule has 1 aromatic carbocycles. The lowest BCUT2D eigenvalue weighted by Crippen LogP contribution is -1.98. The molecule has 5 N–H and O–H groups in total. The van der Waals surface area contributed by atoms with Gasteiger partial charge < -0.3 is 16.6 Å². The number of aromatic hydroxyl groups is 1. The van der Waals surface area contributed by atoms with Gasteiger partial charge in [-0.3, -0.25) is 0 Å². The highest BCUT2D eigenvalue weighted by Crippen LogP contribution is 2.29. The molecule has 0 spiro atoms. The van der Waals surface area contributed by atoms with E-state index in [9.17, 15) is 0 Å². The monoisotopic (exact) mass is 152 g/mol. The molecular weight excluding hydrogens is 140 g/mol. The average Bonchev–Trinajstić information content (AvgIpc) is 2.01. The minimum absolute atomic E-state index is 0.0553. The fourth-order valence-corrected chi connectivity index (χ4v) is 0.978. The highest BCUT2D eigenvalue weighted by atomic mass is 16.3. The molecule has 0 aromatic heterocycles. The Morgan fingerprint density at radius 2 is 1.91 bits per heavy atom. The van der Waals surface area contributed by atoms with Crippen molar-refractivity contribution < 1.29 is 5.11 Å². The number of phenols is 1. The lowest BCUT2D eigenvalue weighted by molar-refractivity contribution is 0.478. The SMILES string of the molecule is CCc1ccc(O)c(N)c1N. The second-order valence-corrected chi connectivity index (χ2v) is 2.42. The van der Waals surface area contributed by atoms with Crippen molar-refractivity contribution in [2.24, 2.45) is 0 Å². The second kappa shape index (κ2) is 2.70. The summed E-state index contributed by atoms with van der Waals surface area (Å²) in [5, 5.41) is 9.12. The molecule has 3 nitrogen and oxygen atoms in total. The molecule has 3 heteroatoms. The Hall–Kier alpha value is -1.38. The van der Waals surface area contributed by atoms with Gasteiger partial charge in [-0.05, 0) is 18.1 Å². The molecule has 11 heavy (non-hydrogen) atoms. The Kier molecular flexibility index (Phi) is 1.89. The normalized spacial score (nSPS) is 9.91. The molecule has 60 valence electrons. The molecule has 1 aromatic rings. The first-order chi connectivity index (χ1) is 5.16. The minimum atomic E-state index is 0.0553. The summed E-state index contributed by atoms with van der Waals surface area (Å²) in [4.78, 5) is 0. The molecule has 0 heterocycles. The first-order valence-electron chi connectivity index (χ1n) is 3.52. The summed E-state index contributed by atoms with van der Waals surface area (Å²) in [7, 11) is 0. The van der Waals surface area contributed by atoms with Crippen LogP contribution in [0, 0.1) is 0 Å². The van der Waals surface area contributed by atoms with Crippen LogP contribution in [0.1, 0.15) is 12.5 Å². The van der Waals surface area contributed by atoms with Gasteiger partial charge in [0.15, 0.2) is 0 Å². The Labute approximate surface area is 65.6 Å². The predicted molar refractivity (Wildman–Crippen MR) is 46.3 cm³/mol. The second-order valence-electron chi connectivity index (χ2n) is 2.42. The van der Waals surface area contributed by atoms with E-state index in [4.69, 9.17) is 16.6 Å². The van der Waals surface area contributed by atoms with Crippen LogP contribution < -0.4 is 11.5 Å². The van der Waals surface area contributed by atoms with E-state index in [-0.39, 0.29) is 11.4 Å². The number of rotatable bonds is 1. The van der Waals surface area contributed by atoms with Gasteiger partial charge in [0.1, 0.15) is 5.75 Å². The smallest absolute Gasteiger partial charge is 0.140 e. The van der Waals surface area contributed by atoms with Crippen molar-refractivity contribution >= 4 is 11.4 Å². The maximum Gasteiger partial charge on any atom is 0.140 e. The van der Waals surface area contributed by atoms with E-state index >= 15 is 0 Å². The standard InChI is InChI=1S/C8H12N2O/c1-2-5-3-4-6(11)8(10)7(5)9/h3-4,11H,2,9-10H2,1H3. The molecule has 1 rings (SSSR count). The molecule has 0 saturated heterocycles. The first-order valence-corrected chi connectivity index (χ1v) is 3.52. The molecule has 0 saturated carbocycles. The Bertz CT molecular complexity index is 271. The predicted octanol–water partition coefficient (Wildman–Crippen LogP) is 1.12. The maximum atomic E-state index is 9.12. The molecule has 0 atom stereocenters. The van der Waals surface area contributed by atoms with E-state index in [0.29, 0.717) is 5.69 Å². The highest BCUT2D eigenvalue weighted by Gasteiger charge is 2.04. The maximum absolute atomic E-state index is 9.12. The van der Waals surface area contributed by atoms with Gasteiger partial charge in [-0.2, -0.15) is 0 Å².